The largest absolute Gasteiger partial charge is 1.00 e. The second kappa shape index (κ2) is 22.8. The molecule has 231 valence electrons. The normalized spacial score (nSPS) is 12.0. The van der Waals surface area contributed by atoms with Crippen molar-refractivity contribution in [1.82, 2.24) is 10.6 Å². The number of hydrogen-bond donors (Lipinski definition) is 5. The number of aromatic carboxylic acids is 1. The predicted octanol–water partition coefficient (Wildman–Crippen LogP) is 4.58. The summed E-state index contributed by atoms with van der Waals surface area (Å²) in [5.41, 5.74) is 8.74. The smallest absolute Gasteiger partial charge is 0.665 e. The number of carboxylic acid groups (broad SMARTS) is 3. The Bertz CT molecular complexity index is 942. The van der Waals surface area contributed by atoms with Gasteiger partial charge in [0.2, 0.25) is 11.8 Å². The Balaban J connectivity index is 0.0000160. The van der Waals surface area contributed by atoms with Gasteiger partial charge in [0.25, 0.3) is 5.97 Å². The Morgan fingerprint density at radius 3 is 1.83 bits per heavy atom. The van der Waals surface area contributed by atoms with Crippen LogP contribution in [0, 0.1) is 0 Å². The van der Waals surface area contributed by atoms with E-state index in [-0.39, 0.29) is 57.3 Å². The summed E-state index contributed by atoms with van der Waals surface area (Å²) in [6.45, 7) is 0.319. The molecule has 6 N–H and O–H groups in total. The Kier molecular flexibility index (Phi) is 21.2. The first-order valence-corrected chi connectivity index (χ1v) is 14.1. The van der Waals surface area contributed by atoms with Crippen molar-refractivity contribution in [3.05, 3.63) is 41.1 Å². The number of hydrogen-bond acceptors (Lipinski definition) is 5. The molecule has 1 radical (unpaired) electrons. The number of carbonyl (C=O) groups is 5. The minimum Gasteiger partial charge on any atom is -0.665 e. The SMILES string of the molecule is [NH-]C(CCCCNC(=O)CC[C@H](NC(=O)CCCCCCCCCCc1ccc(C(=O)O)cc1)C(=O)O)C(=O)O.[Os+]. The summed E-state index contributed by atoms with van der Waals surface area (Å²) in [6, 6.07) is 4.69. The van der Waals surface area contributed by atoms with E-state index in [4.69, 9.17) is 15.9 Å². The molecule has 0 aliphatic carbocycles. The number of nitrogens with one attached hydrogen (secondary N) is 3. The van der Waals surface area contributed by atoms with Crippen LogP contribution in [-0.4, -0.2) is 63.7 Å². The van der Waals surface area contributed by atoms with Gasteiger partial charge in [0, 0.05) is 19.4 Å². The van der Waals surface area contributed by atoms with Crippen LogP contribution in [0.1, 0.15) is 106 Å². The van der Waals surface area contributed by atoms with E-state index in [0.717, 1.165) is 56.9 Å². The Morgan fingerprint density at radius 2 is 1.27 bits per heavy atom. The molecule has 11 nitrogen and oxygen atoms in total. The van der Waals surface area contributed by atoms with Gasteiger partial charge >= 0.3 is 31.7 Å². The van der Waals surface area contributed by atoms with Crippen LogP contribution in [0.2, 0.25) is 0 Å². The summed E-state index contributed by atoms with van der Waals surface area (Å²) in [7, 11) is 0. The average Bonchev–Trinajstić information content (AvgIpc) is 2.91. The number of rotatable bonds is 23. The van der Waals surface area contributed by atoms with Crippen LogP contribution < -0.4 is 10.6 Å². The topological polar surface area (TPSA) is 194 Å². The molecule has 41 heavy (non-hydrogen) atoms. The first-order valence-electron chi connectivity index (χ1n) is 14.1. The Labute approximate surface area is 255 Å². The van der Waals surface area contributed by atoms with E-state index >= 15 is 0 Å². The molecule has 0 saturated carbocycles. The van der Waals surface area contributed by atoms with Crippen molar-refractivity contribution in [2.24, 2.45) is 0 Å². The fraction of sp³-hybridized carbons (Fsp3) is 0.621. The van der Waals surface area contributed by atoms with Crippen LogP contribution in [0.3, 0.4) is 0 Å². The van der Waals surface area contributed by atoms with Gasteiger partial charge < -0.3 is 31.7 Å². The van der Waals surface area contributed by atoms with E-state index in [1.807, 2.05) is 12.1 Å². The number of benzene rings is 1. The Morgan fingerprint density at radius 1 is 0.683 bits per heavy atom. The maximum absolute atomic E-state index is 12.2. The molecule has 1 aromatic rings. The van der Waals surface area contributed by atoms with Gasteiger partial charge in [0.15, 0.2) is 0 Å². The predicted molar refractivity (Wildman–Crippen MR) is 150 cm³/mol. The minimum atomic E-state index is -1.19. The molecule has 2 atom stereocenters. The second-order valence-corrected chi connectivity index (χ2v) is 10.1. The third-order valence-corrected chi connectivity index (χ3v) is 6.65. The second-order valence-electron chi connectivity index (χ2n) is 10.1. The van der Waals surface area contributed by atoms with Crippen LogP contribution in [0.25, 0.3) is 5.73 Å². The molecule has 0 fully saturated rings. The third kappa shape index (κ3) is 19.0. The number of aliphatic carboxylic acids is 2. The van der Waals surface area contributed by atoms with Gasteiger partial charge in [-0.3, -0.25) is 14.4 Å². The van der Waals surface area contributed by atoms with Crippen molar-refractivity contribution >= 4 is 29.7 Å². The molecule has 1 unspecified atom stereocenters. The number of carbonyl (C=O) groups excluding carboxylic acids is 2. The minimum absolute atomic E-state index is 0. The van der Waals surface area contributed by atoms with Crippen molar-refractivity contribution < 1.29 is 59.1 Å². The maximum Gasteiger partial charge on any atom is 1.00 e. The summed E-state index contributed by atoms with van der Waals surface area (Å²) in [6.07, 6.45) is 10.4. The van der Waals surface area contributed by atoms with E-state index < -0.39 is 30.0 Å². The molecule has 0 aliphatic rings. The van der Waals surface area contributed by atoms with Crippen molar-refractivity contribution in [3.8, 4) is 0 Å². The fourth-order valence-electron chi connectivity index (χ4n) is 4.20. The summed E-state index contributed by atoms with van der Waals surface area (Å²) >= 11 is 0. The van der Waals surface area contributed by atoms with Crippen molar-refractivity contribution in [2.45, 2.75) is 108 Å². The van der Waals surface area contributed by atoms with E-state index in [9.17, 15) is 29.1 Å². The van der Waals surface area contributed by atoms with Gasteiger partial charge in [-0.2, -0.15) is 0 Å². The van der Waals surface area contributed by atoms with E-state index in [1.54, 1.807) is 12.1 Å². The standard InChI is InChI=1S/C29H44N3O8.Os/c30-23(28(37)38)12-9-10-20-31-25(33)19-18-24(29(39)40)32-26(34)13-8-6-4-2-1-3-5-7-11-21-14-16-22(17-15-21)27(35)36;/h14-17,23-24,30H,1-13,18-20H2,(H,31,33)(H,32,34)(H,35,36)(H,37,38)(H,39,40);/q-1;+1/t23?,24-;/m0./s1. The monoisotopic (exact) mass is 754 g/mol. The molecule has 2 amide bonds. The zero-order valence-corrected chi connectivity index (χ0v) is 26.1. The van der Waals surface area contributed by atoms with Crippen molar-refractivity contribution in [3.63, 3.8) is 0 Å². The molecule has 0 spiro atoms. The molecule has 1 aromatic carbocycles. The fourth-order valence-corrected chi connectivity index (χ4v) is 4.20. The first kappa shape index (κ1) is 38.2. The van der Waals surface area contributed by atoms with Crippen LogP contribution >= 0.6 is 0 Å². The van der Waals surface area contributed by atoms with Crippen LogP contribution in [0.4, 0.5) is 0 Å². The van der Waals surface area contributed by atoms with Gasteiger partial charge in [-0.25, -0.2) is 9.59 Å². The summed E-state index contributed by atoms with van der Waals surface area (Å²) in [4.78, 5) is 57.1. The first-order chi connectivity index (χ1) is 19.1. The van der Waals surface area contributed by atoms with Crippen molar-refractivity contribution in [1.29, 1.82) is 0 Å². The van der Waals surface area contributed by atoms with E-state index in [2.05, 4.69) is 10.6 Å². The van der Waals surface area contributed by atoms with Crippen LogP contribution in [0.5, 0.6) is 0 Å². The van der Waals surface area contributed by atoms with Crippen molar-refractivity contribution in [2.75, 3.05) is 6.54 Å². The molecule has 12 heteroatoms. The molecule has 0 saturated heterocycles. The van der Waals surface area contributed by atoms with Gasteiger partial charge in [0.05, 0.1) is 5.56 Å². The van der Waals surface area contributed by atoms with E-state index in [0.29, 0.717) is 31.4 Å². The van der Waals surface area contributed by atoms with Gasteiger partial charge in [-0.05, 0) is 55.8 Å². The average molecular weight is 753 g/mol. The van der Waals surface area contributed by atoms with Crippen LogP contribution in [-0.2, 0) is 45.4 Å². The van der Waals surface area contributed by atoms with Gasteiger partial charge in [-0.1, -0.05) is 63.5 Å². The molecule has 0 aromatic heterocycles. The molecule has 0 aliphatic heterocycles. The molecule has 0 bridgehead atoms. The summed E-state index contributed by atoms with van der Waals surface area (Å²) < 4.78 is 0. The molecular weight excluding hydrogens is 709 g/mol. The zero-order chi connectivity index (χ0) is 29.8. The van der Waals surface area contributed by atoms with Gasteiger partial charge in [-0.15, -0.1) is 0 Å². The Hall–Kier alpha value is -2.83. The van der Waals surface area contributed by atoms with Crippen LogP contribution in [0.15, 0.2) is 24.3 Å². The third-order valence-electron chi connectivity index (χ3n) is 6.65. The number of unbranched alkanes of at least 4 members (excludes halogenated alkanes) is 8. The van der Waals surface area contributed by atoms with Gasteiger partial charge in [0.1, 0.15) is 6.04 Å². The number of amides is 2. The van der Waals surface area contributed by atoms with E-state index in [1.165, 1.54) is 0 Å². The quantitative estimate of drug-likeness (QED) is 0.100. The molecular formula is C29H44N3O8Os. The number of carboxylic acids is 3. The number of aryl methyl sites for hydroxylation is 1. The molecule has 0 heterocycles. The maximum atomic E-state index is 12.2. The summed E-state index contributed by atoms with van der Waals surface area (Å²) in [5, 5.41) is 32.1. The zero-order valence-electron chi connectivity index (χ0n) is 23.5. The summed E-state index contributed by atoms with van der Waals surface area (Å²) in [5.74, 6) is -3.95. The molecule has 1 rings (SSSR count).